The Morgan fingerprint density at radius 3 is 2.37 bits per heavy atom. The van der Waals surface area contributed by atoms with Gasteiger partial charge in [0.15, 0.2) is 0 Å². The molecule has 19 heavy (non-hydrogen) atoms. The van der Waals surface area contributed by atoms with Crippen molar-refractivity contribution in [2.24, 2.45) is 5.73 Å². The van der Waals surface area contributed by atoms with Crippen LogP contribution in [0.2, 0.25) is 5.02 Å². The average Bonchev–Trinajstić information content (AvgIpc) is 2.27. The van der Waals surface area contributed by atoms with Crippen molar-refractivity contribution in [3.8, 4) is 0 Å². The van der Waals surface area contributed by atoms with E-state index in [2.05, 4.69) is 0 Å². The number of rotatable bonds is 4. The molecule has 0 aliphatic rings. The molecule has 1 aromatic rings. The number of nitrogens with two attached hydrogens (primary N) is 1. The Hall–Kier alpha value is -0.560. The van der Waals surface area contributed by atoms with Crippen LogP contribution in [0.4, 0.5) is 17.6 Å². The van der Waals surface area contributed by atoms with Crippen LogP contribution in [0.5, 0.6) is 0 Å². The Kier molecular flexibility index (Phi) is 7.07. The van der Waals surface area contributed by atoms with Crippen molar-refractivity contribution in [3.63, 3.8) is 0 Å². The van der Waals surface area contributed by atoms with E-state index in [0.29, 0.717) is 6.07 Å². The minimum atomic E-state index is -4.70. The Morgan fingerprint density at radius 2 is 1.89 bits per heavy atom. The van der Waals surface area contributed by atoms with Crippen LogP contribution in [0.3, 0.4) is 0 Å². The van der Waals surface area contributed by atoms with E-state index in [0.717, 1.165) is 6.07 Å². The third-order valence-corrected chi connectivity index (χ3v) is 2.77. The van der Waals surface area contributed by atoms with Crippen molar-refractivity contribution in [2.75, 3.05) is 6.61 Å². The van der Waals surface area contributed by atoms with E-state index in [9.17, 15) is 17.6 Å². The van der Waals surface area contributed by atoms with E-state index in [1.807, 2.05) is 0 Å². The molecule has 2 nitrogen and oxygen atoms in total. The lowest BCUT2D eigenvalue weighted by atomic mass is 9.96. The van der Waals surface area contributed by atoms with E-state index < -0.39 is 34.2 Å². The zero-order chi connectivity index (χ0) is 13.9. The Balaban J connectivity index is 0.00000324. The lowest BCUT2D eigenvalue weighted by molar-refractivity contribution is -0.138. The molecule has 0 aliphatic heterocycles. The Morgan fingerprint density at radius 1 is 1.32 bits per heavy atom. The molecule has 110 valence electrons. The second-order valence-corrected chi connectivity index (χ2v) is 4.20. The van der Waals surface area contributed by atoms with Crippen LogP contribution in [0.25, 0.3) is 0 Å². The Labute approximate surface area is 119 Å². The summed E-state index contributed by atoms with van der Waals surface area (Å²) in [6.07, 6.45) is -4.47. The molecule has 3 N–H and O–H groups in total. The lowest BCUT2D eigenvalue weighted by Gasteiger charge is -2.19. The van der Waals surface area contributed by atoms with Gasteiger partial charge in [-0.15, -0.1) is 12.4 Å². The second-order valence-electron chi connectivity index (χ2n) is 3.79. The highest BCUT2D eigenvalue weighted by molar-refractivity contribution is 6.30. The molecule has 0 fully saturated rings. The summed E-state index contributed by atoms with van der Waals surface area (Å²) in [5.41, 5.74) is 3.76. The predicted molar refractivity (Wildman–Crippen MR) is 66.9 cm³/mol. The number of hydrogen-bond donors (Lipinski definition) is 2. The number of hydrogen-bond acceptors (Lipinski definition) is 2. The van der Waals surface area contributed by atoms with Gasteiger partial charge < -0.3 is 10.8 Å². The number of aliphatic hydroxyl groups excluding tert-OH is 1. The van der Waals surface area contributed by atoms with Crippen molar-refractivity contribution in [2.45, 2.75) is 25.1 Å². The van der Waals surface area contributed by atoms with Crippen LogP contribution < -0.4 is 5.73 Å². The highest BCUT2D eigenvalue weighted by atomic mass is 35.5. The highest BCUT2D eigenvalue weighted by Gasteiger charge is 2.36. The zero-order valence-electron chi connectivity index (χ0n) is 9.68. The fourth-order valence-electron chi connectivity index (χ4n) is 1.63. The average molecular weight is 322 g/mol. The summed E-state index contributed by atoms with van der Waals surface area (Å²) in [5, 5.41) is 8.21. The molecule has 0 spiro atoms. The molecule has 1 rings (SSSR count). The normalized spacial score (nSPS) is 13.0. The van der Waals surface area contributed by atoms with Crippen LogP contribution in [-0.2, 0) is 6.18 Å². The van der Waals surface area contributed by atoms with Crippen LogP contribution >= 0.6 is 24.0 Å². The summed E-state index contributed by atoms with van der Waals surface area (Å²) in [6.45, 7) is -0.225. The van der Waals surface area contributed by atoms with E-state index in [1.54, 1.807) is 0 Å². The minimum absolute atomic E-state index is 0. The second kappa shape index (κ2) is 7.28. The largest absolute Gasteiger partial charge is 0.416 e. The maximum atomic E-state index is 13.7. The molecular formula is C11H13Cl2F4NO. The van der Waals surface area contributed by atoms with Gasteiger partial charge in [-0.3, -0.25) is 0 Å². The van der Waals surface area contributed by atoms with E-state index in [4.69, 9.17) is 22.4 Å². The topological polar surface area (TPSA) is 46.2 Å². The van der Waals surface area contributed by atoms with Gasteiger partial charge in [0.1, 0.15) is 5.82 Å². The molecule has 0 aliphatic carbocycles. The Bertz CT molecular complexity index is 426. The molecule has 1 aromatic carbocycles. The maximum Gasteiger partial charge on any atom is 0.416 e. The van der Waals surface area contributed by atoms with Gasteiger partial charge in [-0.2, -0.15) is 13.2 Å². The number of halogens is 6. The molecule has 0 saturated carbocycles. The van der Waals surface area contributed by atoms with Gasteiger partial charge in [0.25, 0.3) is 0 Å². The first kappa shape index (κ1) is 18.4. The van der Waals surface area contributed by atoms with E-state index in [1.165, 1.54) is 0 Å². The maximum absolute atomic E-state index is 13.7. The summed E-state index contributed by atoms with van der Waals surface area (Å²) in [6, 6.07) is 0.397. The SMILES string of the molecule is Cl.N[C@@H](CCCO)c1c(C(F)(F)F)ccc(Cl)c1F. The fraction of sp³-hybridized carbons (Fsp3) is 0.455. The fourth-order valence-corrected chi connectivity index (χ4v) is 1.80. The van der Waals surface area contributed by atoms with Crippen LogP contribution in [0.1, 0.15) is 30.0 Å². The van der Waals surface area contributed by atoms with Crippen molar-refractivity contribution in [1.29, 1.82) is 0 Å². The summed E-state index contributed by atoms with van der Waals surface area (Å²) >= 11 is 5.47. The molecule has 1 atom stereocenters. The number of benzene rings is 1. The number of aliphatic hydroxyl groups is 1. The minimum Gasteiger partial charge on any atom is -0.396 e. The smallest absolute Gasteiger partial charge is 0.396 e. The highest BCUT2D eigenvalue weighted by Crippen LogP contribution is 2.38. The molecular weight excluding hydrogens is 309 g/mol. The van der Waals surface area contributed by atoms with Crippen molar-refractivity contribution in [3.05, 3.63) is 34.1 Å². The first-order valence-corrected chi connectivity index (χ1v) is 5.58. The summed E-state index contributed by atoms with van der Waals surface area (Å²) in [5.74, 6) is -1.16. The molecule has 0 heterocycles. The van der Waals surface area contributed by atoms with Crippen LogP contribution in [-0.4, -0.2) is 11.7 Å². The van der Waals surface area contributed by atoms with E-state index >= 15 is 0 Å². The quantitative estimate of drug-likeness (QED) is 0.831. The summed E-state index contributed by atoms with van der Waals surface area (Å²) < 4.78 is 51.9. The molecule has 0 amide bonds. The van der Waals surface area contributed by atoms with Gasteiger partial charge in [-0.05, 0) is 25.0 Å². The standard InChI is InChI=1S/C11H12ClF4NO.ClH/c12-7-4-3-6(11(14,15)16)9(10(7)13)8(17)2-1-5-18;/h3-4,8,18H,1-2,5,17H2;1H/t8-;/m0./s1. The molecule has 0 aromatic heterocycles. The molecule has 0 saturated heterocycles. The number of alkyl halides is 3. The summed E-state index contributed by atoms with van der Waals surface area (Å²) in [4.78, 5) is 0. The molecule has 0 bridgehead atoms. The van der Waals surface area contributed by atoms with E-state index in [-0.39, 0.29) is 31.9 Å². The molecule has 8 heteroatoms. The third kappa shape index (κ3) is 4.49. The van der Waals surface area contributed by atoms with Gasteiger partial charge >= 0.3 is 6.18 Å². The van der Waals surface area contributed by atoms with Crippen molar-refractivity contribution >= 4 is 24.0 Å². The van der Waals surface area contributed by atoms with Crippen molar-refractivity contribution in [1.82, 2.24) is 0 Å². The van der Waals surface area contributed by atoms with Crippen LogP contribution in [0, 0.1) is 5.82 Å². The van der Waals surface area contributed by atoms with Gasteiger partial charge in [0.05, 0.1) is 10.6 Å². The molecule has 0 radical (unpaired) electrons. The first-order chi connectivity index (χ1) is 8.29. The van der Waals surface area contributed by atoms with Gasteiger partial charge in [0, 0.05) is 18.2 Å². The van der Waals surface area contributed by atoms with Gasteiger partial charge in [-0.1, -0.05) is 11.6 Å². The monoisotopic (exact) mass is 321 g/mol. The predicted octanol–water partition coefficient (Wildman–Crippen LogP) is 3.69. The zero-order valence-corrected chi connectivity index (χ0v) is 11.2. The van der Waals surface area contributed by atoms with Crippen LogP contribution in [0.15, 0.2) is 12.1 Å². The van der Waals surface area contributed by atoms with Gasteiger partial charge in [0.2, 0.25) is 0 Å². The summed E-state index contributed by atoms with van der Waals surface area (Å²) in [7, 11) is 0. The third-order valence-electron chi connectivity index (χ3n) is 2.48. The molecule has 0 unspecified atom stereocenters. The first-order valence-electron chi connectivity index (χ1n) is 5.20. The lowest BCUT2D eigenvalue weighted by Crippen LogP contribution is -2.20. The van der Waals surface area contributed by atoms with Crippen molar-refractivity contribution < 1.29 is 22.7 Å². The van der Waals surface area contributed by atoms with Gasteiger partial charge in [-0.25, -0.2) is 4.39 Å².